The van der Waals surface area contributed by atoms with Crippen molar-refractivity contribution >= 4 is 28.5 Å². The van der Waals surface area contributed by atoms with Gasteiger partial charge in [0.25, 0.3) is 0 Å². The lowest BCUT2D eigenvalue weighted by Gasteiger charge is -2.20. The SMILES string of the molecule is C=C.C=C(C)CC/C(C)=C\c1nc(OCc2ccc(C(N)=O)cc2)ccc1C(=C)c1ccc2c3c(ccnc13)CCC2.CC(C)(C)C. The van der Waals surface area contributed by atoms with Gasteiger partial charge in [0.2, 0.25) is 11.8 Å². The highest BCUT2D eigenvalue weighted by Gasteiger charge is 2.19. The molecule has 2 N–H and O–H groups in total. The van der Waals surface area contributed by atoms with E-state index < -0.39 is 5.91 Å². The van der Waals surface area contributed by atoms with Gasteiger partial charge in [-0.3, -0.25) is 9.78 Å². The summed E-state index contributed by atoms with van der Waals surface area (Å²) in [4.78, 5) is 21.1. The van der Waals surface area contributed by atoms with Crippen LogP contribution in [0.1, 0.15) is 105 Å². The van der Waals surface area contributed by atoms with Gasteiger partial charge in [0.15, 0.2) is 0 Å². The summed E-state index contributed by atoms with van der Waals surface area (Å²) in [5.41, 5.74) is 17.0. The third-order valence-electron chi connectivity index (χ3n) is 7.46. The number of nitrogens with zero attached hydrogens (tertiary/aromatic N) is 2. The van der Waals surface area contributed by atoms with Crippen molar-refractivity contribution in [1.82, 2.24) is 9.97 Å². The van der Waals surface area contributed by atoms with Gasteiger partial charge in [-0.15, -0.1) is 19.7 Å². The van der Waals surface area contributed by atoms with Crippen LogP contribution >= 0.6 is 0 Å². The van der Waals surface area contributed by atoms with Crippen molar-refractivity contribution in [2.75, 3.05) is 0 Å². The van der Waals surface area contributed by atoms with Crippen molar-refractivity contribution in [2.45, 2.75) is 80.3 Å². The molecular formula is C42H51N3O2. The first-order chi connectivity index (χ1) is 22.3. The van der Waals surface area contributed by atoms with E-state index in [4.69, 9.17) is 20.4 Å². The highest BCUT2D eigenvalue weighted by molar-refractivity contribution is 5.99. The zero-order chi connectivity index (χ0) is 34.7. The molecule has 1 amide bonds. The van der Waals surface area contributed by atoms with Crippen LogP contribution in [0, 0.1) is 5.41 Å². The van der Waals surface area contributed by atoms with Gasteiger partial charge in [-0.05, 0) is 104 Å². The quantitative estimate of drug-likeness (QED) is 0.177. The molecule has 0 radical (unpaired) electrons. The van der Waals surface area contributed by atoms with E-state index in [1.165, 1.54) is 28.5 Å². The van der Waals surface area contributed by atoms with E-state index in [0.717, 1.165) is 64.7 Å². The lowest BCUT2D eigenvalue weighted by molar-refractivity contribution is 0.1000. The number of benzene rings is 2. The number of carbonyl (C=O) groups is 1. The number of ether oxygens (including phenoxy) is 1. The first-order valence-electron chi connectivity index (χ1n) is 16.2. The number of rotatable bonds is 10. The Morgan fingerprint density at radius 2 is 1.51 bits per heavy atom. The molecule has 2 heterocycles. The highest BCUT2D eigenvalue weighted by Crippen LogP contribution is 2.36. The molecule has 0 saturated carbocycles. The smallest absolute Gasteiger partial charge is 0.248 e. The average molecular weight is 630 g/mol. The first-order valence-corrected chi connectivity index (χ1v) is 16.2. The summed E-state index contributed by atoms with van der Waals surface area (Å²) in [6, 6.07) is 17.5. The maximum absolute atomic E-state index is 11.4. The number of hydrogen-bond donors (Lipinski definition) is 1. The van der Waals surface area contributed by atoms with Crippen molar-refractivity contribution < 1.29 is 9.53 Å². The molecule has 4 aromatic rings. The predicted octanol–water partition coefficient (Wildman–Crippen LogP) is 10.5. The maximum atomic E-state index is 11.4. The third kappa shape index (κ3) is 10.6. The average Bonchev–Trinajstić information content (AvgIpc) is 3.03. The topological polar surface area (TPSA) is 78.1 Å². The lowest BCUT2D eigenvalue weighted by Crippen LogP contribution is -2.10. The molecule has 0 atom stereocenters. The second kappa shape index (κ2) is 16.7. The number of allylic oxidation sites excluding steroid dienone is 2. The van der Waals surface area contributed by atoms with E-state index in [-0.39, 0.29) is 0 Å². The summed E-state index contributed by atoms with van der Waals surface area (Å²) in [5, 5.41) is 1.28. The van der Waals surface area contributed by atoms with E-state index >= 15 is 0 Å². The molecule has 0 aliphatic heterocycles. The number of aromatic nitrogens is 2. The fourth-order valence-electron chi connectivity index (χ4n) is 5.23. The van der Waals surface area contributed by atoms with E-state index in [1.807, 2.05) is 37.4 Å². The van der Waals surface area contributed by atoms with Crippen LogP contribution in [0.25, 0.3) is 22.6 Å². The van der Waals surface area contributed by atoms with Crippen LogP contribution in [-0.4, -0.2) is 15.9 Å². The summed E-state index contributed by atoms with van der Waals surface area (Å²) in [6.45, 7) is 27.8. The van der Waals surface area contributed by atoms with Gasteiger partial charge in [-0.2, -0.15) is 0 Å². The van der Waals surface area contributed by atoms with Crippen molar-refractivity contribution in [3.8, 4) is 5.88 Å². The molecule has 0 unspecified atom stereocenters. The number of primary amides is 1. The number of amides is 1. The van der Waals surface area contributed by atoms with Gasteiger partial charge < -0.3 is 10.5 Å². The van der Waals surface area contributed by atoms with Crippen LogP contribution in [0.5, 0.6) is 5.88 Å². The van der Waals surface area contributed by atoms with Crippen LogP contribution in [0.15, 0.2) is 98.3 Å². The Kier molecular flexibility index (Phi) is 13.0. The normalized spacial score (nSPS) is 12.3. The fourth-order valence-corrected chi connectivity index (χ4v) is 5.23. The van der Waals surface area contributed by atoms with Crippen LogP contribution < -0.4 is 10.5 Å². The van der Waals surface area contributed by atoms with Crippen molar-refractivity contribution in [3.05, 3.63) is 137 Å². The van der Waals surface area contributed by atoms with Crippen LogP contribution in [0.2, 0.25) is 0 Å². The van der Waals surface area contributed by atoms with E-state index in [1.54, 1.807) is 12.1 Å². The predicted molar refractivity (Wildman–Crippen MR) is 200 cm³/mol. The zero-order valence-corrected chi connectivity index (χ0v) is 29.2. The standard InChI is InChI=1S/C35H35N3O2.C5H12.C2H4/c1-22(2)8-9-23(3)20-31-29(16-17-32(38-31)40-21-25-10-12-28(13-11-25)35(36)39)24(4)30-15-14-26-6-5-7-27-18-19-37-34(30)33(26)27;1-5(2,3)4;1-2/h10-20H,1,4-9,21H2,2-3H3,(H2,36,39);1-4H3;1-2H2/b23-20-;;. The molecule has 2 aromatic heterocycles. The Hall–Kier alpha value is -4.77. The second-order valence-corrected chi connectivity index (χ2v) is 13.7. The van der Waals surface area contributed by atoms with Crippen molar-refractivity contribution in [1.29, 1.82) is 0 Å². The summed E-state index contributed by atoms with van der Waals surface area (Å²) in [7, 11) is 0. The van der Waals surface area contributed by atoms with Crippen molar-refractivity contribution in [3.63, 3.8) is 0 Å². The first kappa shape index (κ1) is 36.7. The number of hydrogen-bond acceptors (Lipinski definition) is 4. The Morgan fingerprint density at radius 3 is 2.13 bits per heavy atom. The molecule has 5 heteroatoms. The van der Waals surface area contributed by atoms with Gasteiger partial charge >= 0.3 is 0 Å². The monoisotopic (exact) mass is 629 g/mol. The molecule has 0 fully saturated rings. The zero-order valence-electron chi connectivity index (χ0n) is 29.2. The second-order valence-electron chi connectivity index (χ2n) is 13.7. The molecule has 1 aliphatic carbocycles. The minimum Gasteiger partial charge on any atom is -0.473 e. The number of carbonyl (C=O) groups excluding carboxylic acids is 1. The maximum Gasteiger partial charge on any atom is 0.248 e. The Bertz CT molecular complexity index is 1740. The minimum atomic E-state index is -0.450. The summed E-state index contributed by atoms with van der Waals surface area (Å²) in [6.07, 6.45) is 9.20. The van der Waals surface area contributed by atoms with Crippen LogP contribution in [0.4, 0.5) is 0 Å². The van der Waals surface area contributed by atoms with Gasteiger partial charge in [0.05, 0.1) is 11.2 Å². The van der Waals surface area contributed by atoms with E-state index in [0.29, 0.717) is 23.5 Å². The molecule has 5 rings (SSSR count). The van der Waals surface area contributed by atoms with E-state index in [9.17, 15) is 4.79 Å². The van der Waals surface area contributed by atoms with Crippen LogP contribution in [-0.2, 0) is 19.4 Å². The highest BCUT2D eigenvalue weighted by atomic mass is 16.5. The molecule has 1 aliphatic rings. The fraction of sp³-hybridized carbons (Fsp3) is 0.310. The molecule has 5 nitrogen and oxygen atoms in total. The summed E-state index contributed by atoms with van der Waals surface area (Å²) < 4.78 is 6.06. The molecule has 47 heavy (non-hydrogen) atoms. The molecular weight excluding hydrogens is 578 g/mol. The molecule has 0 bridgehead atoms. The third-order valence-corrected chi connectivity index (χ3v) is 7.46. The summed E-state index contributed by atoms with van der Waals surface area (Å²) in [5.74, 6) is 0.0684. The Morgan fingerprint density at radius 1 is 0.894 bits per heavy atom. The largest absolute Gasteiger partial charge is 0.473 e. The molecule has 246 valence electrons. The molecule has 0 saturated heterocycles. The number of aryl methyl sites for hydroxylation is 2. The van der Waals surface area contributed by atoms with Gasteiger partial charge in [-0.1, -0.05) is 69.7 Å². The Labute approximate surface area is 282 Å². The Balaban J connectivity index is 0.000000784. The lowest BCUT2D eigenvalue weighted by atomic mass is 9.86. The van der Waals surface area contributed by atoms with Crippen LogP contribution in [0.3, 0.4) is 0 Å². The molecule has 0 spiro atoms. The van der Waals surface area contributed by atoms with Gasteiger partial charge in [0, 0.05) is 34.3 Å². The van der Waals surface area contributed by atoms with Crippen molar-refractivity contribution in [2.24, 2.45) is 11.1 Å². The molecule has 2 aromatic carbocycles. The minimum absolute atomic E-state index is 0.322. The number of nitrogens with two attached hydrogens (primary N) is 1. The van der Waals surface area contributed by atoms with Gasteiger partial charge in [0.1, 0.15) is 6.61 Å². The van der Waals surface area contributed by atoms with E-state index in [2.05, 4.69) is 85.2 Å². The van der Waals surface area contributed by atoms with Gasteiger partial charge in [-0.25, -0.2) is 4.98 Å². The summed E-state index contributed by atoms with van der Waals surface area (Å²) >= 11 is 0. The number of pyridine rings is 2.